The SMILES string of the molecule is CCOc1ccccc1N1CCN(CC(=O)NC(C)C)CC1. The van der Waals surface area contributed by atoms with Crippen molar-refractivity contribution >= 4 is 11.6 Å². The molecule has 0 atom stereocenters. The van der Waals surface area contributed by atoms with Gasteiger partial charge < -0.3 is 15.0 Å². The molecule has 0 aromatic heterocycles. The molecule has 122 valence electrons. The summed E-state index contributed by atoms with van der Waals surface area (Å²) in [7, 11) is 0. The van der Waals surface area contributed by atoms with E-state index in [1.54, 1.807) is 0 Å². The Morgan fingerprint density at radius 3 is 2.55 bits per heavy atom. The first-order chi connectivity index (χ1) is 10.6. The fraction of sp³-hybridized carbons (Fsp3) is 0.588. The molecule has 1 aromatic carbocycles. The molecular formula is C17H27N3O2. The Kier molecular flexibility index (Phi) is 6.07. The number of hydrogen-bond acceptors (Lipinski definition) is 4. The van der Waals surface area contributed by atoms with Crippen LogP contribution in [0.3, 0.4) is 0 Å². The van der Waals surface area contributed by atoms with E-state index in [-0.39, 0.29) is 11.9 Å². The molecule has 1 N–H and O–H groups in total. The molecule has 1 aliphatic heterocycles. The zero-order chi connectivity index (χ0) is 15.9. The van der Waals surface area contributed by atoms with E-state index in [1.807, 2.05) is 39.0 Å². The average Bonchev–Trinajstić information content (AvgIpc) is 2.48. The lowest BCUT2D eigenvalue weighted by Crippen LogP contribution is -2.50. The number of piperazine rings is 1. The lowest BCUT2D eigenvalue weighted by molar-refractivity contribution is -0.122. The molecule has 1 aromatic rings. The first-order valence-corrected chi connectivity index (χ1v) is 8.08. The summed E-state index contributed by atoms with van der Waals surface area (Å²) in [6, 6.07) is 8.36. The topological polar surface area (TPSA) is 44.8 Å². The van der Waals surface area contributed by atoms with Gasteiger partial charge in [0.05, 0.1) is 18.8 Å². The van der Waals surface area contributed by atoms with Gasteiger partial charge in [-0.25, -0.2) is 0 Å². The van der Waals surface area contributed by atoms with E-state index in [0.29, 0.717) is 13.2 Å². The first kappa shape index (κ1) is 16.6. The van der Waals surface area contributed by atoms with Gasteiger partial charge >= 0.3 is 0 Å². The maximum Gasteiger partial charge on any atom is 0.234 e. The maximum atomic E-state index is 11.8. The van der Waals surface area contributed by atoms with E-state index in [0.717, 1.165) is 37.6 Å². The van der Waals surface area contributed by atoms with Crippen LogP contribution in [0.2, 0.25) is 0 Å². The summed E-state index contributed by atoms with van der Waals surface area (Å²) in [6.07, 6.45) is 0. The fourth-order valence-corrected chi connectivity index (χ4v) is 2.71. The molecule has 0 saturated carbocycles. The highest BCUT2D eigenvalue weighted by molar-refractivity contribution is 5.78. The van der Waals surface area contributed by atoms with Gasteiger partial charge in [0.2, 0.25) is 5.91 Å². The van der Waals surface area contributed by atoms with Gasteiger partial charge in [0.25, 0.3) is 0 Å². The number of anilines is 1. The minimum absolute atomic E-state index is 0.109. The summed E-state index contributed by atoms with van der Waals surface area (Å²) in [5, 5.41) is 2.94. The third-order valence-electron chi connectivity index (χ3n) is 3.69. The largest absolute Gasteiger partial charge is 0.492 e. The van der Waals surface area contributed by atoms with Crippen LogP contribution in [0.5, 0.6) is 5.75 Å². The van der Waals surface area contributed by atoms with Gasteiger partial charge in [-0.3, -0.25) is 9.69 Å². The molecule has 0 bridgehead atoms. The molecule has 1 heterocycles. The second-order valence-electron chi connectivity index (χ2n) is 5.89. The quantitative estimate of drug-likeness (QED) is 0.869. The highest BCUT2D eigenvalue weighted by atomic mass is 16.5. The molecule has 0 unspecified atom stereocenters. The summed E-state index contributed by atoms with van der Waals surface area (Å²) >= 11 is 0. The van der Waals surface area contributed by atoms with E-state index < -0.39 is 0 Å². The Labute approximate surface area is 133 Å². The highest BCUT2D eigenvalue weighted by Gasteiger charge is 2.21. The van der Waals surface area contributed by atoms with Crippen molar-refractivity contribution in [2.75, 3.05) is 44.2 Å². The molecular weight excluding hydrogens is 278 g/mol. The Hall–Kier alpha value is -1.75. The van der Waals surface area contributed by atoms with Crippen molar-refractivity contribution in [2.24, 2.45) is 0 Å². The maximum absolute atomic E-state index is 11.8. The summed E-state index contributed by atoms with van der Waals surface area (Å²) in [6.45, 7) is 10.8. The molecule has 1 aliphatic rings. The van der Waals surface area contributed by atoms with E-state index in [2.05, 4.69) is 21.2 Å². The predicted octanol–water partition coefficient (Wildman–Crippen LogP) is 1.73. The van der Waals surface area contributed by atoms with Crippen LogP contribution >= 0.6 is 0 Å². The summed E-state index contributed by atoms with van der Waals surface area (Å²) in [5.41, 5.74) is 1.15. The van der Waals surface area contributed by atoms with Crippen molar-refractivity contribution in [3.05, 3.63) is 24.3 Å². The van der Waals surface area contributed by atoms with Gasteiger partial charge in [0.1, 0.15) is 5.75 Å². The van der Waals surface area contributed by atoms with Gasteiger partial charge in [-0.1, -0.05) is 12.1 Å². The molecule has 22 heavy (non-hydrogen) atoms. The molecule has 0 aliphatic carbocycles. The van der Waals surface area contributed by atoms with Crippen LogP contribution in [0.15, 0.2) is 24.3 Å². The molecule has 1 fully saturated rings. The van der Waals surface area contributed by atoms with E-state index in [4.69, 9.17) is 4.74 Å². The Balaban J connectivity index is 1.88. The minimum Gasteiger partial charge on any atom is -0.492 e. The van der Waals surface area contributed by atoms with Gasteiger partial charge in [-0.05, 0) is 32.9 Å². The van der Waals surface area contributed by atoms with Gasteiger partial charge in [0, 0.05) is 32.2 Å². The molecule has 2 rings (SSSR count). The first-order valence-electron chi connectivity index (χ1n) is 8.08. The van der Waals surface area contributed by atoms with Crippen molar-refractivity contribution in [1.82, 2.24) is 10.2 Å². The molecule has 1 amide bonds. The van der Waals surface area contributed by atoms with Gasteiger partial charge in [-0.2, -0.15) is 0 Å². The Morgan fingerprint density at radius 2 is 1.91 bits per heavy atom. The number of benzene rings is 1. The van der Waals surface area contributed by atoms with Gasteiger partial charge in [0.15, 0.2) is 0 Å². The van der Waals surface area contributed by atoms with Crippen LogP contribution in [-0.4, -0.2) is 56.2 Å². The monoisotopic (exact) mass is 305 g/mol. The van der Waals surface area contributed by atoms with Crippen molar-refractivity contribution < 1.29 is 9.53 Å². The van der Waals surface area contributed by atoms with E-state index >= 15 is 0 Å². The predicted molar refractivity (Wildman–Crippen MR) is 89.5 cm³/mol. The van der Waals surface area contributed by atoms with Crippen LogP contribution in [0.4, 0.5) is 5.69 Å². The third kappa shape index (κ3) is 4.63. The van der Waals surface area contributed by atoms with Crippen LogP contribution in [0.1, 0.15) is 20.8 Å². The van der Waals surface area contributed by atoms with Crippen LogP contribution in [-0.2, 0) is 4.79 Å². The number of carbonyl (C=O) groups is 1. The van der Waals surface area contributed by atoms with E-state index in [9.17, 15) is 4.79 Å². The fourth-order valence-electron chi connectivity index (χ4n) is 2.71. The number of hydrogen-bond donors (Lipinski definition) is 1. The smallest absolute Gasteiger partial charge is 0.234 e. The van der Waals surface area contributed by atoms with Crippen molar-refractivity contribution in [1.29, 1.82) is 0 Å². The number of ether oxygens (including phenoxy) is 1. The van der Waals surface area contributed by atoms with Crippen molar-refractivity contribution in [3.8, 4) is 5.75 Å². The molecule has 5 nitrogen and oxygen atoms in total. The lowest BCUT2D eigenvalue weighted by atomic mass is 10.2. The zero-order valence-electron chi connectivity index (χ0n) is 13.8. The number of nitrogens with zero attached hydrogens (tertiary/aromatic N) is 2. The number of rotatable bonds is 6. The second kappa shape index (κ2) is 8.03. The van der Waals surface area contributed by atoms with Crippen LogP contribution in [0, 0.1) is 0 Å². The Bertz CT molecular complexity index is 483. The second-order valence-corrected chi connectivity index (χ2v) is 5.89. The summed E-state index contributed by atoms with van der Waals surface area (Å²) < 4.78 is 5.71. The van der Waals surface area contributed by atoms with Crippen molar-refractivity contribution in [2.45, 2.75) is 26.8 Å². The number of amides is 1. The number of nitrogens with one attached hydrogen (secondary N) is 1. The van der Waals surface area contributed by atoms with Crippen molar-refractivity contribution in [3.63, 3.8) is 0 Å². The third-order valence-corrected chi connectivity index (χ3v) is 3.69. The Morgan fingerprint density at radius 1 is 1.23 bits per heavy atom. The highest BCUT2D eigenvalue weighted by Crippen LogP contribution is 2.28. The molecule has 5 heteroatoms. The number of carbonyl (C=O) groups excluding carboxylic acids is 1. The van der Waals surface area contributed by atoms with Crippen LogP contribution in [0.25, 0.3) is 0 Å². The van der Waals surface area contributed by atoms with Crippen LogP contribution < -0.4 is 15.0 Å². The molecule has 0 spiro atoms. The molecule has 1 saturated heterocycles. The average molecular weight is 305 g/mol. The zero-order valence-corrected chi connectivity index (χ0v) is 13.8. The lowest BCUT2D eigenvalue weighted by Gasteiger charge is -2.36. The number of para-hydroxylation sites is 2. The van der Waals surface area contributed by atoms with E-state index in [1.165, 1.54) is 0 Å². The summed E-state index contributed by atoms with van der Waals surface area (Å²) in [5.74, 6) is 1.05. The minimum atomic E-state index is 0.109. The summed E-state index contributed by atoms with van der Waals surface area (Å²) in [4.78, 5) is 16.4. The standard InChI is InChI=1S/C17H27N3O2/c1-4-22-16-8-6-5-7-15(16)20-11-9-19(10-12-20)13-17(21)18-14(2)3/h5-8,14H,4,9-13H2,1-3H3,(H,18,21). The van der Waals surface area contributed by atoms with Gasteiger partial charge in [-0.15, -0.1) is 0 Å². The normalized spacial score (nSPS) is 15.9. The molecule has 0 radical (unpaired) electrons.